The van der Waals surface area contributed by atoms with Gasteiger partial charge in [-0.2, -0.15) is 0 Å². The standard InChI is InChI=1S/C13H20N2O3/c1-2-11-8-12(18-14-11)9-15-5-3-10(4-6-15)7-13(16)17/h8,10H,2-7,9H2,1H3,(H,16,17). The molecule has 1 aromatic rings. The van der Waals surface area contributed by atoms with E-state index >= 15 is 0 Å². The van der Waals surface area contributed by atoms with Crippen LogP contribution in [0.15, 0.2) is 10.6 Å². The van der Waals surface area contributed by atoms with Crippen molar-refractivity contribution in [2.75, 3.05) is 13.1 Å². The summed E-state index contributed by atoms with van der Waals surface area (Å²) in [6.07, 6.45) is 3.01. The summed E-state index contributed by atoms with van der Waals surface area (Å²) < 4.78 is 5.27. The molecule has 1 fully saturated rings. The highest BCUT2D eigenvalue weighted by Gasteiger charge is 2.23. The third kappa shape index (κ3) is 3.57. The Morgan fingerprint density at radius 2 is 2.28 bits per heavy atom. The molecule has 5 heteroatoms. The second-order valence-electron chi connectivity index (χ2n) is 5.08. The third-order valence-corrected chi connectivity index (χ3v) is 3.66. The molecule has 1 saturated heterocycles. The molecule has 0 radical (unpaired) electrons. The van der Waals surface area contributed by atoms with Crippen LogP contribution in [0.3, 0.4) is 0 Å². The summed E-state index contributed by atoms with van der Waals surface area (Å²) in [4.78, 5) is 12.0. The van der Waals surface area contributed by atoms with Gasteiger partial charge in [0.25, 0.3) is 0 Å². The number of nitrogens with one attached hydrogen (secondary N) is 1. The number of carboxylic acid groups (broad SMARTS) is 1. The Balaban J connectivity index is 1.78. The van der Waals surface area contributed by atoms with Gasteiger partial charge in [-0.1, -0.05) is 12.1 Å². The molecule has 5 nitrogen and oxygen atoms in total. The van der Waals surface area contributed by atoms with Crippen LogP contribution in [0.1, 0.15) is 37.6 Å². The number of hydrogen-bond donors (Lipinski definition) is 1. The minimum Gasteiger partial charge on any atom is -0.550 e. The SMILES string of the molecule is CCc1cc(C[NH+]2CCC(CC(=O)[O-])CC2)on1. The molecule has 1 aromatic heterocycles. The number of carbonyl (C=O) groups is 1. The van der Waals surface area contributed by atoms with Gasteiger partial charge in [0.1, 0.15) is 6.54 Å². The first kappa shape index (κ1) is 13.1. The molecule has 0 bridgehead atoms. The van der Waals surface area contributed by atoms with Crippen molar-refractivity contribution in [3.8, 4) is 0 Å². The molecule has 2 rings (SSSR count). The van der Waals surface area contributed by atoms with Gasteiger partial charge in [-0.15, -0.1) is 0 Å². The van der Waals surface area contributed by atoms with Gasteiger partial charge in [-0.25, -0.2) is 0 Å². The minimum absolute atomic E-state index is 0.204. The lowest BCUT2D eigenvalue weighted by Crippen LogP contribution is -3.11. The summed E-state index contributed by atoms with van der Waals surface area (Å²) in [5.41, 5.74) is 0.997. The average molecular weight is 252 g/mol. The molecule has 0 saturated carbocycles. The van der Waals surface area contributed by atoms with E-state index in [1.165, 1.54) is 4.90 Å². The molecule has 0 aliphatic carbocycles. The van der Waals surface area contributed by atoms with Gasteiger partial charge < -0.3 is 19.3 Å². The van der Waals surface area contributed by atoms with E-state index in [0.29, 0.717) is 5.92 Å². The van der Waals surface area contributed by atoms with Gasteiger partial charge in [-0.3, -0.25) is 0 Å². The van der Waals surface area contributed by atoms with Gasteiger partial charge in [-0.05, 0) is 31.6 Å². The fourth-order valence-electron chi connectivity index (χ4n) is 2.55. The summed E-state index contributed by atoms with van der Waals surface area (Å²) in [5.74, 6) is 0.297. The molecule has 2 heterocycles. The predicted molar refractivity (Wildman–Crippen MR) is 62.6 cm³/mol. The number of piperidine rings is 1. The van der Waals surface area contributed by atoms with E-state index in [0.717, 1.165) is 50.4 Å². The first-order valence-electron chi connectivity index (χ1n) is 6.65. The maximum absolute atomic E-state index is 10.5. The maximum Gasteiger partial charge on any atom is 0.191 e. The zero-order valence-electron chi connectivity index (χ0n) is 10.8. The molecule has 0 spiro atoms. The van der Waals surface area contributed by atoms with E-state index in [1.807, 2.05) is 6.07 Å². The van der Waals surface area contributed by atoms with Crippen molar-refractivity contribution in [2.24, 2.45) is 5.92 Å². The van der Waals surface area contributed by atoms with Gasteiger partial charge in [0.2, 0.25) is 0 Å². The van der Waals surface area contributed by atoms with Crippen LogP contribution in [-0.2, 0) is 17.8 Å². The van der Waals surface area contributed by atoms with E-state index in [2.05, 4.69) is 12.1 Å². The number of aliphatic carboxylic acids is 1. The van der Waals surface area contributed by atoms with E-state index in [-0.39, 0.29) is 6.42 Å². The number of carboxylic acids is 1. The molecule has 18 heavy (non-hydrogen) atoms. The zero-order chi connectivity index (χ0) is 13.0. The summed E-state index contributed by atoms with van der Waals surface area (Å²) >= 11 is 0. The molecule has 0 atom stereocenters. The van der Waals surface area contributed by atoms with Crippen LogP contribution in [0.25, 0.3) is 0 Å². The first-order valence-corrected chi connectivity index (χ1v) is 6.65. The van der Waals surface area contributed by atoms with Crippen LogP contribution in [0.4, 0.5) is 0 Å². The number of nitrogens with zero attached hydrogens (tertiary/aromatic N) is 1. The topological polar surface area (TPSA) is 70.6 Å². The Bertz CT molecular complexity index is 395. The number of rotatable bonds is 5. The van der Waals surface area contributed by atoms with Crippen LogP contribution in [0, 0.1) is 5.92 Å². The Morgan fingerprint density at radius 3 is 2.83 bits per heavy atom. The summed E-state index contributed by atoms with van der Waals surface area (Å²) in [6, 6.07) is 2.01. The fraction of sp³-hybridized carbons (Fsp3) is 0.692. The Labute approximate surface area is 107 Å². The highest BCUT2D eigenvalue weighted by atomic mass is 16.5. The van der Waals surface area contributed by atoms with Gasteiger partial charge in [0, 0.05) is 12.0 Å². The summed E-state index contributed by atoms with van der Waals surface area (Å²) in [5, 5.41) is 14.5. The molecule has 0 amide bonds. The van der Waals surface area contributed by atoms with Crippen molar-refractivity contribution in [1.29, 1.82) is 0 Å². The van der Waals surface area contributed by atoms with Crippen molar-refractivity contribution in [1.82, 2.24) is 5.16 Å². The lowest BCUT2D eigenvalue weighted by atomic mass is 9.93. The quantitative estimate of drug-likeness (QED) is 0.742. The highest BCUT2D eigenvalue weighted by Crippen LogP contribution is 2.13. The highest BCUT2D eigenvalue weighted by molar-refractivity contribution is 5.64. The summed E-state index contributed by atoms with van der Waals surface area (Å²) in [6.45, 7) is 4.91. The smallest absolute Gasteiger partial charge is 0.191 e. The Kier molecular flexibility index (Phi) is 4.36. The van der Waals surface area contributed by atoms with E-state index in [9.17, 15) is 9.90 Å². The Morgan fingerprint density at radius 1 is 1.56 bits per heavy atom. The number of quaternary nitrogens is 1. The molecule has 1 aliphatic heterocycles. The van der Waals surface area contributed by atoms with Crippen molar-refractivity contribution in [3.63, 3.8) is 0 Å². The van der Waals surface area contributed by atoms with Crippen LogP contribution < -0.4 is 10.0 Å². The van der Waals surface area contributed by atoms with Gasteiger partial charge in [0.05, 0.1) is 18.8 Å². The van der Waals surface area contributed by atoms with Crippen molar-refractivity contribution >= 4 is 5.97 Å². The number of aromatic nitrogens is 1. The molecule has 1 aliphatic rings. The molecule has 1 N–H and O–H groups in total. The van der Waals surface area contributed by atoms with Crippen LogP contribution in [-0.4, -0.2) is 24.2 Å². The van der Waals surface area contributed by atoms with E-state index in [4.69, 9.17) is 4.52 Å². The van der Waals surface area contributed by atoms with Crippen molar-refractivity contribution in [3.05, 3.63) is 17.5 Å². The number of likely N-dealkylation sites (tertiary alicyclic amines) is 1. The molecule has 0 aromatic carbocycles. The molecular formula is C13H20N2O3. The lowest BCUT2D eigenvalue weighted by molar-refractivity contribution is -0.920. The van der Waals surface area contributed by atoms with Gasteiger partial charge in [0.15, 0.2) is 5.76 Å². The molecule has 0 unspecified atom stereocenters. The Hall–Kier alpha value is -1.36. The zero-order valence-corrected chi connectivity index (χ0v) is 10.8. The van der Waals surface area contributed by atoms with E-state index in [1.54, 1.807) is 0 Å². The second-order valence-corrected chi connectivity index (χ2v) is 5.08. The minimum atomic E-state index is -0.925. The van der Waals surface area contributed by atoms with Gasteiger partial charge >= 0.3 is 0 Å². The third-order valence-electron chi connectivity index (χ3n) is 3.66. The van der Waals surface area contributed by atoms with E-state index < -0.39 is 5.97 Å². The molecular weight excluding hydrogens is 232 g/mol. The van der Waals surface area contributed by atoms with Crippen molar-refractivity contribution in [2.45, 2.75) is 39.2 Å². The number of aryl methyl sites for hydroxylation is 1. The monoisotopic (exact) mass is 252 g/mol. The van der Waals surface area contributed by atoms with Crippen LogP contribution in [0.5, 0.6) is 0 Å². The number of carbonyl (C=O) groups excluding carboxylic acids is 1. The average Bonchev–Trinajstić information content (AvgIpc) is 2.79. The summed E-state index contributed by atoms with van der Waals surface area (Å²) in [7, 11) is 0. The maximum atomic E-state index is 10.5. The largest absolute Gasteiger partial charge is 0.550 e. The molecule has 100 valence electrons. The lowest BCUT2D eigenvalue weighted by Gasteiger charge is -2.28. The fourth-order valence-corrected chi connectivity index (χ4v) is 2.55. The van der Waals surface area contributed by atoms with Crippen molar-refractivity contribution < 1.29 is 19.3 Å². The first-order chi connectivity index (χ1) is 8.67. The second kappa shape index (κ2) is 6.00. The number of hydrogen-bond acceptors (Lipinski definition) is 4. The predicted octanol–water partition coefficient (Wildman–Crippen LogP) is -0.828. The normalized spacial score (nSPS) is 24.1. The van der Waals surface area contributed by atoms with Crippen LogP contribution in [0.2, 0.25) is 0 Å². The van der Waals surface area contributed by atoms with Crippen LogP contribution >= 0.6 is 0 Å².